The Morgan fingerprint density at radius 1 is 1.08 bits per heavy atom. The molecular weight excluding hydrogens is 324 g/mol. The molecule has 4 rings (SSSR count). The number of carbonyl (C=O) groups is 2. The monoisotopic (exact) mass is 338 g/mol. The summed E-state index contributed by atoms with van der Waals surface area (Å²) in [6.45, 7) is 2.79. The highest BCUT2D eigenvalue weighted by Crippen LogP contribution is 2.27. The van der Waals surface area contributed by atoms with Crippen LogP contribution in [0.15, 0.2) is 35.7 Å². The zero-order valence-electron chi connectivity index (χ0n) is 12.9. The Bertz CT molecular complexity index is 931. The number of imide groups is 1. The predicted molar refractivity (Wildman–Crippen MR) is 92.2 cm³/mol. The SMILES string of the molecule is CCNc1nc(CN2C(=O)c3ccccc3C2=O)nc2sccc12. The van der Waals surface area contributed by atoms with Crippen LogP contribution in [0.4, 0.5) is 5.82 Å². The number of amides is 2. The van der Waals surface area contributed by atoms with E-state index in [4.69, 9.17) is 0 Å². The van der Waals surface area contributed by atoms with Gasteiger partial charge in [0.05, 0.1) is 23.1 Å². The number of anilines is 1. The van der Waals surface area contributed by atoms with E-state index < -0.39 is 0 Å². The van der Waals surface area contributed by atoms with Crippen LogP contribution in [-0.2, 0) is 6.54 Å². The van der Waals surface area contributed by atoms with Gasteiger partial charge < -0.3 is 5.32 Å². The summed E-state index contributed by atoms with van der Waals surface area (Å²) in [4.78, 5) is 36.0. The lowest BCUT2D eigenvalue weighted by Crippen LogP contribution is -2.30. The number of thiophene rings is 1. The summed E-state index contributed by atoms with van der Waals surface area (Å²) in [5, 5.41) is 6.11. The number of aromatic nitrogens is 2. The Kier molecular flexibility index (Phi) is 3.50. The van der Waals surface area contributed by atoms with Crippen molar-refractivity contribution < 1.29 is 9.59 Å². The molecule has 3 aromatic rings. The molecule has 1 N–H and O–H groups in total. The van der Waals surface area contributed by atoms with E-state index in [1.165, 1.54) is 16.2 Å². The highest BCUT2D eigenvalue weighted by atomic mass is 32.1. The number of fused-ring (bicyclic) bond motifs is 2. The Labute approximate surface area is 142 Å². The van der Waals surface area contributed by atoms with E-state index in [-0.39, 0.29) is 18.4 Å². The number of nitrogens with one attached hydrogen (secondary N) is 1. The fraction of sp³-hybridized carbons (Fsp3) is 0.176. The van der Waals surface area contributed by atoms with Gasteiger partial charge in [0.25, 0.3) is 11.8 Å². The molecule has 0 aliphatic carbocycles. The van der Waals surface area contributed by atoms with Crippen LogP contribution in [0.3, 0.4) is 0 Å². The van der Waals surface area contributed by atoms with Crippen molar-refractivity contribution in [2.75, 3.05) is 11.9 Å². The molecule has 120 valence electrons. The van der Waals surface area contributed by atoms with Gasteiger partial charge in [-0.15, -0.1) is 11.3 Å². The second-order valence-corrected chi connectivity index (χ2v) is 6.29. The third-order valence-electron chi connectivity index (χ3n) is 3.89. The number of carbonyl (C=O) groups excluding carboxylic acids is 2. The van der Waals surface area contributed by atoms with E-state index in [9.17, 15) is 9.59 Å². The quantitative estimate of drug-likeness (QED) is 0.740. The van der Waals surface area contributed by atoms with E-state index in [0.717, 1.165) is 22.6 Å². The van der Waals surface area contributed by atoms with E-state index >= 15 is 0 Å². The molecule has 6 nitrogen and oxygen atoms in total. The number of rotatable bonds is 4. The topological polar surface area (TPSA) is 75.2 Å². The van der Waals surface area contributed by atoms with Gasteiger partial charge in [-0.05, 0) is 30.5 Å². The number of benzene rings is 1. The van der Waals surface area contributed by atoms with Crippen LogP contribution in [0.2, 0.25) is 0 Å². The number of hydrogen-bond donors (Lipinski definition) is 1. The van der Waals surface area contributed by atoms with Crippen LogP contribution >= 0.6 is 11.3 Å². The molecule has 2 amide bonds. The average Bonchev–Trinajstić information content (AvgIpc) is 3.15. The minimum absolute atomic E-state index is 0.0680. The molecule has 0 spiro atoms. The highest BCUT2D eigenvalue weighted by molar-refractivity contribution is 7.16. The smallest absolute Gasteiger partial charge is 0.261 e. The first-order valence-electron chi connectivity index (χ1n) is 7.62. The van der Waals surface area contributed by atoms with Crippen molar-refractivity contribution in [1.82, 2.24) is 14.9 Å². The summed E-state index contributed by atoms with van der Waals surface area (Å²) >= 11 is 1.51. The Morgan fingerprint density at radius 3 is 2.46 bits per heavy atom. The van der Waals surface area contributed by atoms with Crippen LogP contribution in [0.1, 0.15) is 33.5 Å². The molecule has 0 atom stereocenters. The summed E-state index contributed by atoms with van der Waals surface area (Å²) in [6, 6.07) is 8.81. The zero-order chi connectivity index (χ0) is 16.7. The van der Waals surface area contributed by atoms with Gasteiger partial charge in [0, 0.05) is 6.54 Å². The van der Waals surface area contributed by atoms with Crippen molar-refractivity contribution in [3.8, 4) is 0 Å². The third-order valence-corrected chi connectivity index (χ3v) is 4.70. The van der Waals surface area contributed by atoms with Crippen LogP contribution in [0.5, 0.6) is 0 Å². The molecule has 1 aliphatic rings. The first kappa shape index (κ1) is 14.8. The summed E-state index contributed by atoms with van der Waals surface area (Å²) in [5.41, 5.74) is 0.873. The largest absolute Gasteiger partial charge is 0.370 e. The lowest BCUT2D eigenvalue weighted by atomic mass is 10.1. The molecule has 2 aromatic heterocycles. The van der Waals surface area contributed by atoms with Crippen molar-refractivity contribution in [3.05, 3.63) is 52.7 Å². The molecule has 0 unspecified atom stereocenters. The van der Waals surface area contributed by atoms with Crippen molar-refractivity contribution in [1.29, 1.82) is 0 Å². The third kappa shape index (κ3) is 2.25. The van der Waals surface area contributed by atoms with Crippen molar-refractivity contribution >= 4 is 39.2 Å². The van der Waals surface area contributed by atoms with Gasteiger partial charge in [-0.2, -0.15) is 0 Å². The number of hydrogen-bond acceptors (Lipinski definition) is 6. The second kappa shape index (κ2) is 5.68. The highest BCUT2D eigenvalue weighted by Gasteiger charge is 2.35. The molecule has 0 saturated carbocycles. The van der Waals surface area contributed by atoms with Crippen LogP contribution in [-0.4, -0.2) is 33.2 Å². The Morgan fingerprint density at radius 2 is 1.79 bits per heavy atom. The maximum absolute atomic E-state index is 12.5. The standard InChI is InChI=1S/C17H14N4O2S/c1-2-18-14-12-7-8-24-15(12)20-13(19-14)9-21-16(22)10-5-3-4-6-11(10)17(21)23/h3-8H,2,9H2,1H3,(H,18,19,20). The van der Waals surface area contributed by atoms with Crippen LogP contribution < -0.4 is 5.32 Å². The minimum Gasteiger partial charge on any atom is -0.370 e. The maximum atomic E-state index is 12.5. The van der Waals surface area contributed by atoms with E-state index in [2.05, 4.69) is 15.3 Å². The molecular formula is C17H14N4O2S. The molecule has 1 aliphatic heterocycles. The van der Waals surface area contributed by atoms with Gasteiger partial charge in [-0.3, -0.25) is 14.5 Å². The van der Waals surface area contributed by atoms with Gasteiger partial charge in [0.1, 0.15) is 10.6 Å². The first-order valence-corrected chi connectivity index (χ1v) is 8.50. The minimum atomic E-state index is -0.296. The van der Waals surface area contributed by atoms with Crippen LogP contribution in [0, 0.1) is 0 Å². The lowest BCUT2D eigenvalue weighted by Gasteiger charge is -2.14. The van der Waals surface area contributed by atoms with Crippen molar-refractivity contribution in [3.63, 3.8) is 0 Å². The first-order chi connectivity index (χ1) is 11.7. The summed E-state index contributed by atoms with van der Waals surface area (Å²) < 4.78 is 0. The van der Waals surface area contributed by atoms with Gasteiger partial charge >= 0.3 is 0 Å². The lowest BCUT2D eigenvalue weighted by molar-refractivity contribution is 0.0638. The Balaban J connectivity index is 1.70. The molecule has 7 heteroatoms. The molecule has 0 bridgehead atoms. The van der Waals surface area contributed by atoms with Crippen molar-refractivity contribution in [2.24, 2.45) is 0 Å². The summed E-state index contributed by atoms with van der Waals surface area (Å²) in [5.74, 6) is 0.594. The average molecular weight is 338 g/mol. The van der Waals surface area contributed by atoms with Gasteiger partial charge in [0.15, 0.2) is 5.82 Å². The van der Waals surface area contributed by atoms with Gasteiger partial charge in [-0.1, -0.05) is 12.1 Å². The second-order valence-electron chi connectivity index (χ2n) is 5.40. The van der Waals surface area contributed by atoms with Gasteiger partial charge in [-0.25, -0.2) is 9.97 Å². The normalized spacial score (nSPS) is 13.6. The molecule has 0 fully saturated rings. The number of nitrogens with zero attached hydrogens (tertiary/aromatic N) is 3. The molecule has 3 heterocycles. The van der Waals surface area contributed by atoms with Gasteiger partial charge in [0.2, 0.25) is 0 Å². The summed E-state index contributed by atoms with van der Waals surface area (Å²) in [7, 11) is 0. The van der Waals surface area contributed by atoms with Crippen LogP contribution in [0.25, 0.3) is 10.2 Å². The Hall–Kier alpha value is -2.80. The van der Waals surface area contributed by atoms with E-state index in [0.29, 0.717) is 17.0 Å². The van der Waals surface area contributed by atoms with E-state index in [1.807, 2.05) is 18.4 Å². The van der Waals surface area contributed by atoms with E-state index in [1.54, 1.807) is 24.3 Å². The molecule has 1 aromatic carbocycles. The molecule has 0 radical (unpaired) electrons. The maximum Gasteiger partial charge on any atom is 0.261 e. The predicted octanol–water partition coefficient (Wildman–Crippen LogP) is 2.92. The fourth-order valence-electron chi connectivity index (χ4n) is 2.80. The fourth-order valence-corrected chi connectivity index (χ4v) is 3.58. The molecule has 0 saturated heterocycles. The molecule has 24 heavy (non-hydrogen) atoms. The zero-order valence-corrected chi connectivity index (χ0v) is 13.8. The van der Waals surface area contributed by atoms with Crippen molar-refractivity contribution in [2.45, 2.75) is 13.5 Å². The summed E-state index contributed by atoms with van der Waals surface area (Å²) in [6.07, 6.45) is 0.